The zero-order valence-corrected chi connectivity index (χ0v) is 17.3. The first-order valence-corrected chi connectivity index (χ1v) is 9.54. The summed E-state index contributed by atoms with van der Waals surface area (Å²) in [5.74, 6) is -3.24. The van der Waals surface area contributed by atoms with Crippen molar-refractivity contribution in [3.05, 3.63) is 64.4 Å². The number of aryl methyl sites for hydroxylation is 2. The molecular formula is C21H24F4N4O2. The summed E-state index contributed by atoms with van der Waals surface area (Å²) in [5.41, 5.74) is 5.90. The Labute approximate surface area is 176 Å². The van der Waals surface area contributed by atoms with E-state index < -0.39 is 48.1 Å². The number of ether oxygens (including phenoxy) is 1. The SMILES string of the molecule is Cc1cc(OCc2c(F)ccc(F)c2F)c2nc(C)c(C(O)NCC(C)(N)CF)n2c1. The molecule has 0 spiro atoms. The summed E-state index contributed by atoms with van der Waals surface area (Å²) in [6.07, 6.45) is 0.486. The number of rotatable bonds is 8. The highest BCUT2D eigenvalue weighted by atomic mass is 19.2. The van der Waals surface area contributed by atoms with Gasteiger partial charge in [-0.2, -0.15) is 0 Å². The van der Waals surface area contributed by atoms with Crippen molar-refractivity contribution in [1.29, 1.82) is 0 Å². The standard InChI is InChI=1S/C21H24F4N4O2/c1-11-6-16(31-8-13-14(23)4-5-15(24)17(13)25)19-28-12(2)18(29(19)7-11)20(30)27-10-21(3,26)9-22/h4-7,20,27,30H,8-10,26H2,1-3H3. The Bertz CT molecular complexity index is 1100. The topological polar surface area (TPSA) is 84.8 Å². The second-order valence-corrected chi connectivity index (χ2v) is 7.84. The molecular weight excluding hydrogens is 416 g/mol. The van der Waals surface area contributed by atoms with Crippen LogP contribution in [0.15, 0.2) is 24.4 Å². The predicted molar refractivity (Wildman–Crippen MR) is 107 cm³/mol. The van der Waals surface area contributed by atoms with E-state index in [0.717, 1.165) is 6.07 Å². The van der Waals surface area contributed by atoms with Gasteiger partial charge in [0.05, 0.1) is 22.5 Å². The van der Waals surface area contributed by atoms with Crippen LogP contribution in [-0.4, -0.2) is 33.2 Å². The van der Waals surface area contributed by atoms with Gasteiger partial charge >= 0.3 is 0 Å². The molecule has 6 nitrogen and oxygen atoms in total. The zero-order chi connectivity index (χ0) is 22.9. The van der Waals surface area contributed by atoms with Crippen LogP contribution in [-0.2, 0) is 6.61 Å². The number of nitrogens with two attached hydrogens (primary N) is 1. The average Bonchev–Trinajstić information content (AvgIpc) is 3.04. The van der Waals surface area contributed by atoms with E-state index >= 15 is 0 Å². The summed E-state index contributed by atoms with van der Waals surface area (Å²) in [6, 6.07) is 3.14. The lowest BCUT2D eigenvalue weighted by molar-refractivity contribution is 0.121. The fourth-order valence-electron chi connectivity index (χ4n) is 3.14. The highest BCUT2D eigenvalue weighted by molar-refractivity contribution is 5.57. The molecule has 4 N–H and O–H groups in total. The number of nitrogens with one attached hydrogen (secondary N) is 1. The highest BCUT2D eigenvalue weighted by Gasteiger charge is 2.24. The van der Waals surface area contributed by atoms with Gasteiger partial charge in [0.15, 0.2) is 23.0 Å². The van der Waals surface area contributed by atoms with Crippen LogP contribution in [0.5, 0.6) is 5.75 Å². The van der Waals surface area contributed by atoms with Crippen molar-refractivity contribution in [2.75, 3.05) is 13.2 Å². The van der Waals surface area contributed by atoms with E-state index in [0.29, 0.717) is 23.0 Å². The molecule has 1 aromatic carbocycles. The molecule has 0 aliphatic heterocycles. The molecule has 0 bridgehead atoms. The molecule has 0 amide bonds. The van der Waals surface area contributed by atoms with Crippen molar-refractivity contribution in [2.24, 2.45) is 5.73 Å². The van der Waals surface area contributed by atoms with Gasteiger partial charge in [-0.05, 0) is 44.5 Å². The maximum absolute atomic E-state index is 13.9. The Morgan fingerprint density at radius 2 is 1.94 bits per heavy atom. The van der Waals surface area contributed by atoms with Gasteiger partial charge in [-0.25, -0.2) is 22.5 Å². The van der Waals surface area contributed by atoms with Crippen molar-refractivity contribution < 1.29 is 27.4 Å². The van der Waals surface area contributed by atoms with Gasteiger partial charge in [0.25, 0.3) is 0 Å². The molecule has 2 heterocycles. The summed E-state index contributed by atoms with van der Waals surface area (Å²) < 4.78 is 61.4. The second-order valence-electron chi connectivity index (χ2n) is 7.84. The van der Waals surface area contributed by atoms with Crippen LogP contribution in [0.2, 0.25) is 0 Å². The van der Waals surface area contributed by atoms with E-state index in [2.05, 4.69) is 10.3 Å². The number of halogens is 4. The van der Waals surface area contributed by atoms with Crippen LogP contribution in [0.3, 0.4) is 0 Å². The molecule has 2 atom stereocenters. The molecule has 0 aliphatic rings. The Hall–Kier alpha value is -2.69. The lowest BCUT2D eigenvalue weighted by Gasteiger charge is -2.23. The number of aliphatic hydroxyl groups excluding tert-OH is 1. The highest BCUT2D eigenvalue weighted by Crippen LogP contribution is 2.28. The largest absolute Gasteiger partial charge is 0.485 e. The maximum atomic E-state index is 13.9. The molecule has 2 unspecified atom stereocenters. The Kier molecular flexibility index (Phi) is 6.54. The first-order valence-electron chi connectivity index (χ1n) is 9.54. The summed E-state index contributed by atoms with van der Waals surface area (Å²) in [4.78, 5) is 4.39. The normalized spacial score (nSPS) is 14.6. The van der Waals surface area contributed by atoms with Crippen molar-refractivity contribution in [3.8, 4) is 5.75 Å². The van der Waals surface area contributed by atoms with E-state index in [1.165, 1.54) is 6.92 Å². The van der Waals surface area contributed by atoms with Gasteiger partial charge in [0.1, 0.15) is 25.3 Å². The van der Waals surface area contributed by atoms with Gasteiger partial charge in [-0.1, -0.05) is 0 Å². The van der Waals surface area contributed by atoms with Crippen molar-refractivity contribution in [1.82, 2.24) is 14.7 Å². The zero-order valence-electron chi connectivity index (χ0n) is 17.3. The van der Waals surface area contributed by atoms with Crippen molar-refractivity contribution in [3.63, 3.8) is 0 Å². The third-order valence-electron chi connectivity index (χ3n) is 4.82. The molecule has 0 aliphatic carbocycles. The fraction of sp³-hybridized carbons (Fsp3) is 0.381. The number of alkyl halides is 1. The molecule has 10 heteroatoms. The number of imidazole rings is 1. The number of aromatic nitrogens is 2. The molecule has 3 rings (SSSR count). The number of fused-ring (bicyclic) bond motifs is 1. The molecule has 3 aromatic rings. The fourth-order valence-corrected chi connectivity index (χ4v) is 3.14. The molecule has 0 saturated carbocycles. The smallest absolute Gasteiger partial charge is 0.180 e. The maximum Gasteiger partial charge on any atom is 0.180 e. The van der Waals surface area contributed by atoms with Gasteiger partial charge in [-0.3, -0.25) is 9.72 Å². The Balaban J connectivity index is 1.93. The molecule has 0 radical (unpaired) electrons. The van der Waals surface area contributed by atoms with E-state index in [-0.39, 0.29) is 17.9 Å². The van der Waals surface area contributed by atoms with Gasteiger partial charge in [-0.15, -0.1) is 0 Å². The van der Waals surface area contributed by atoms with E-state index in [9.17, 15) is 22.7 Å². The predicted octanol–water partition coefficient (Wildman–Crippen LogP) is 3.21. The van der Waals surface area contributed by atoms with E-state index in [4.69, 9.17) is 10.5 Å². The summed E-state index contributed by atoms with van der Waals surface area (Å²) in [6.45, 7) is 3.60. The summed E-state index contributed by atoms with van der Waals surface area (Å²) in [7, 11) is 0. The molecule has 168 valence electrons. The third-order valence-corrected chi connectivity index (χ3v) is 4.82. The van der Waals surface area contributed by atoms with Crippen LogP contribution in [0, 0.1) is 31.3 Å². The number of nitrogens with zero attached hydrogens (tertiary/aromatic N) is 2. The van der Waals surface area contributed by atoms with Gasteiger partial charge < -0.3 is 15.6 Å². The lowest BCUT2D eigenvalue weighted by atomic mass is 10.1. The number of benzene rings is 1. The van der Waals surface area contributed by atoms with Crippen molar-refractivity contribution >= 4 is 5.65 Å². The molecule has 2 aromatic heterocycles. The lowest BCUT2D eigenvalue weighted by Crippen LogP contribution is -2.49. The Morgan fingerprint density at radius 3 is 2.61 bits per heavy atom. The van der Waals surface area contributed by atoms with Crippen LogP contribution in [0.4, 0.5) is 17.6 Å². The minimum absolute atomic E-state index is 0.00460. The quantitative estimate of drug-likeness (QED) is 0.285. The Morgan fingerprint density at radius 1 is 1.26 bits per heavy atom. The second kappa shape index (κ2) is 8.81. The summed E-state index contributed by atoms with van der Waals surface area (Å²) >= 11 is 0. The monoisotopic (exact) mass is 440 g/mol. The van der Waals surface area contributed by atoms with Crippen LogP contribution < -0.4 is 15.8 Å². The van der Waals surface area contributed by atoms with Gasteiger partial charge in [0, 0.05) is 12.7 Å². The minimum atomic E-state index is -1.32. The first-order chi connectivity index (χ1) is 14.5. The minimum Gasteiger partial charge on any atom is -0.485 e. The molecule has 0 saturated heterocycles. The van der Waals surface area contributed by atoms with E-state index in [1.807, 2.05) is 0 Å². The van der Waals surface area contributed by atoms with Gasteiger partial charge in [0.2, 0.25) is 0 Å². The molecule has 31 heavy (non-hydrogen) atoms. The molecule has 0 fully saturated rings. The van der Waals surface area contributed by atoms with Crippen LogP contribution >= 0.6 is 0 Å². The first kappa shape index (κ1) is 23.0. The summed E-state index contributed by atoms with van der Waals surface area (Å²) in [5, 5.41) is 13.4. The number of hydrogen-bond donors (Lipinski definition) is 3. The van der Waals surface area contributed by atoms with Crippen LogP contribution in [0.1, 0.15) is 35.7 Å². The average molecular weight is 440 g/mol. The van der Waals surface area contributed by atoms with E-state index in [1.54, 1.807) is 30.5 Å². The number of pyridine rings is 1. The van der Waals surface area contributed by atoms with Crippen LogP contribution in [0.25, 0.3) is 5.65 Å². The number of hydrogen-bond acceptors (Lipinski definition) is 5. The third kappa shape index (κ3) is 4.81. The van der Waals surface area contributed by atoms with Crippen molar-refractivity contribution in [2.45, 2.75) is 39.1 Å². The number of aliphatic hydroxyl groups is 1.